The summed E-state index contributed by atoms with van der Waals surface area (Å²) >= 11 is 4.98. The first-order chi connectivity index (χ1) is 8.72. The van der Waals surface area contributed by atoms with Gasteiger partial charge >= 0.3 is 0 Å². The number of thiocarbonyl (C=S) groups is 1. The van der Waals surface area contributed by atoms with Crippen LogP contribution in [0.3, 0.4) is 0 Å². The Morgan fingerprint density at radius 3 is 3.00 bits per heavy atom. The fourth-order valence-electron chi connectivity index (χ4n) is 2.55. The maximum Gasteiger partial charge on any atom is 0.126 e. The molecule has 0 bridgehead atoms. The molecule has 1 aliphatic heterocycles. The van der Waals surface area contributed by atoms with E-state index in [0.717, 1.165) is 24.0 Å². The summed E-state index contributed by atoms with van der Waals surface area (Å²) in [5.74, 6) is 0.878. The molecule has 1 aliphatic carbocycles. The quantitative estimate of drug-likeness (QED) is 0.803. The van der Waals surface area contributed by atoms with Gasteiger partial charge in [-0.1, -0.05) is 12.2 Å². The molecule has 18 heavy (non-hydrogen) atoms. The lowest BCUT2D eigenvalue weighted by Crippen LogP contribution is -2.28. The summed E-state index contributed by atoms with van der Waals surface area (Å²) in [7, 11) is 0. The van der Waals surface area contributed by atoms with Crippen LogP contribution in [0.4, 0.5) is 5.82 Å². The Morgan fingerprint density at radius 1 is 1.44 bits per heavy atom. The predicted molar refractivity (Wildman–Crippen MR) is 76.7 cm³/mol. The van der Waals surface area contributed by atoms with Gasteiger partial charge in [-0.2, -0.15) is 0 Å². The summed E-state index contributed by atoms with van der Waals surface area (Å²) < 4.78 is 0. The van der Waals surface area contributed by atoms with Crippen LogP contribution in [-0.2, 0) is 0 Å². The van der Waals surface area contributed by atoms with Crippen LogP contribution >= 0.6 is 12.2 Å². The van der Waals surface area contributed by atoms with Gasteiger partial charge in [-0.3, -0.25) is 4.90 Å². The van der Waals surface area contributed by atoms with Crippen molar-refractivity contribution in [2.24, 2.45) is 5.73 Å². The van der Waals surface area contributed by atoms with Gasteiger partial charge in [0.05, 0.1) is 0 Å². The maximum atomic E-state index is 5.63. The molecule has 5 heteroatoms. The van der Waals surface area contributed by atoms with Gasteiger partial charge in [-0.05, 0) is 31.4 Å². The van der Waals surface area contributed by atoms with Crippen molar-refractivity contribution in [2.45, 2.75) is 31.3 Å². The first kappa shape index (κ1) is 11.9. The number of hydrogen-bond acceptors (Lipinski definition) is 4. The maximum absolute atomic E-state index is 5.63. The number of pyridine rings is 1. The second-order valence-corrected chi connectivity index (χ2v) is 5.59. The Balaban J connectivity index is 1.62. The van der Waals surface area contributed by atoms with Gasteiger partial charge in [0.1, 0.15) is 10.8 Å². The van der Waals surface area contributed by atoms with Gasteiger partial charge in [-0.25, -0.2) is 4.98 Å². The zero-order chi connectivity index (χ0) is 12.5. The second kappa shape index (κ2) is 4.82. The molecule has 2 aliphatic rings. The van der Waals surface area contributed by atoms with E-state index in [0.29, 0.717) is 11.0 Å². The lowest BCUT2D eigenvalue weighted by Gasteiger charge is -2.16. The molecule has 0 spiro atoms. The highest BCUT2D eigenvalue weighted by atomic mass is 32.1. The number of likely N-dealkylation sites (tertiary alicyclic amines) is 1. The van der Waals surface area contributed by atoms with Crippen molar-refractivity contribution >= 4 is 23.0 Å². The van der Waals surface area contributed by atoms with Crippen LogP contribution in [0.2, 0.25) is 0 Å². The summed E-state index contributed by atoms with van der Waals surface area (Å²) in [6, 6.07) is 5.13. The molecule has 3 rings (SSSR count). The number of aromatic nitrogens is 1. The van der Waals surface area contributed by atoms with Crippen molar-refractivity contribution < 1.29 is 0 Å². The molecule has 0 aromatic carbocycles. The zero-order valence-corrected chi connectivity index (χ0v) is 11.1. The van der Waals surface area contributed by atoms with Crippen LogP contribution in [0, 0.1) is 0 Å². The summed E-state index contributed by atoms with van der Waals surface area (Å²) in [6.45, 7) is 2.33. The van der Waals surface area contributed by atoms with Gasteiger partial charge in [0.25, 0.3) is 0 Å². The van der Waals surface area contributed by atoms with Crippen LogP contribution < -0.4 is 11.1 Å². The SMILES string of the molecule is NC(=S)c1ccnc(NC2CCN(C3CC3)C2)c1. The molecule has 1 aromatic heterocycles. The Bertz CT molecular complexity index is 458. The van der Waals surface area contributed by atoms with Crippen LogP contribution in [-0.4, -0.2) is 40.0 Å². The highest BCUT2D eigenvalue weighted by Gasteiger charge is 2.34. The monoisotopic (exact) mass is 262 g/mol. The molecule has 2 heterocycles. The zero-order valence-electron chi connectivity index (χ0n) is 10.3. The largest absolute Gasteiger partial charge is 0.389 e. The van der Waals surface area contributed by atoms with E-state index >= 15 is 0 Å². The van der Waals surface area contributed by atoms with Crippen molar-refractivity contribution in [3.8, 4) is 0 Å². The number of anilines is 1. The van der Waals surface area contributed by atoms with Gasteiger partial charge in [0, 0.05) is 36.9 Å². The molecule has 1 saturated heterocycles. The summed E-state index contributed by atoms with van der Waals surface area (Å²) in [5.41, 5.74) is 6.50. The minimum absolute atomic E-state index is 0.423. The van der Waals surface area contributed by atoms with E-state index in [1.807, 2.05) is 12.1 Å². The Kier molecular flexibility index (Phi) is 3.18. The molecule has 96 valence electrons. The molecular weight excluding hydrogens is 244 g/mol. The summed E-state index contributed by atoms with van der Waals surface area (Å²) in [4.78, 5) is 7.33. The van der Waals surface area contributed by atoms with Crippen LogP contribution in [0.25, 0.3) is 0 Å². The highest BCUT2D eigenvalue weighted by molar-refractivity contribution is 7.80. The third-order valence-corrected chi connectivity index (χ3v) is 3.92. The Morgan fingerprint density at radius 2 is 2.28 bits per heavy atom. The number of rotatable bonds is 4. The van der Waals surface area contributed by atoms with E-state index in [4.69, 9.17) is 18.0 Å². The molecule has 1 aromatic rings. The smallest absolute Gasteiger partial charge is 0.126 e. The lowest BCUT2D eigenvalue weighted by molar-refractivity contribution is 0.326. The third-order valence-electron chi connectivity index (χ3n) is 3.68. The van der Waals surface area contributed by atoms with E-state index in [-0.39, 0.29) is 0 Å². The van der Waals surface area contributed by atoms with Crippen molar-refractivity contribution in [1.29, 1.82) is 0 Å². The highest BCUT2D eigenvalue weighted by Crippen LogP contribution is 2.30. The third kappa shape index (κ3) is 2.62. The number of nitrogens with two attached hydrogens (primary N) is 1. The fourth-order valence-corrected chi connectivity index (χ4v) is 2.68. The van der Waals surface area contributed by atoms with Crippen LogP contribution in [0.15, 0.2) is 18.3 Å². The fraction of sp³-hybridized carbons (Fsp3) is 0.538. The van der Waals surface area contributed by atoms with Gasteiger partial charge in [0.2, 0.25) is 0 Å². The predicted octanol–water partition coefficient (Wildman–Crippen LogP) is 1.36. The molecule has 1 saturated carbocycles. The number of nitrogens with zero attached hydrogens (tertiary/aromatic N) is 2. The normalized spacial score (nSPS) is 24.1. The molecule has 4 nitrogen and oxygen atoms in total. The van der Waals surface area contributed by atoms with Crippen molar-refractivity contribution in [1.82, 2.24) is 9.88 Å². The van der Waals surface area contributed by atoms with E-state index < -0.39 is 0 Å². The van der Waals surface area contributed by atoms with Crippen LogP contribution in [0.5, 0.6) is 0 Å². The molecule has 0 radical (unpaired) electrons. The molecule has 3 N–H and O–H groups in total. The minimum atomic E-state index is 0.423. The summed E-state index contributed by atoms with van der Waals surface area (Å²) in [6.07, 6.45) is 5.70. The molecule has 1 unspecified atom stereocenters. The van der Waals surface area contributed by atoms with E-state index in [1.165, 1.54) is 25.8 Å². The average molecular weight is 262 g/mol. The molecule has 0 amide bonds. The number of nitrogens with one attached hydrogen (secondary N) is 1. The molecule has 2 fully saturated rings. The Hall–Kier alpha value is -1.20. The van der Waals surface area contributed by atoms with Crippen molar-refractivity contribution in [3.05, 3.63) is 23.9 Å². The Labute approximate surface area is 113 Å². The first-order valence-corrected chi connectivity index (χ1v) is 6.89. The standard InChI is InChI=1S/C13H18N4S/c14-13(18)9-3-5-15-12(7-9)16-10-4-6-17(8-10)11-1-2-11/h3,5,7,10-11H,1-2,4,6,8H2,(H2,14,18)(H,15,16). The van der Waals surface area contributed by atoms with Gasteiger partial charge in [-0.15, -0.1) is 0 Å². The molecular formula is C13H18N4S. The average Bonchev–Trinajstić information content (AvgIpc) is 3.11. The van der Waals surface area contributed by atoms with Crippen molar-refractivity contribution in [3.63, 3.8) is 0 Å². The topological polar surface area (TPSA) is 54.2 Å². The lowest BCUT2D eigenvalue weighted by atomic mass is 10.2. The van der Waals surface area contributed by atoms with Gasteiger partial charge in [0.15, 0.2) is 0 Å². The van der Waals surface area contributed by atoms with Crippen molar-refractivity contribution in [2.75, 3.05) is 18.4 Å². The second-order valence-electron chi connectivity index (χ2n) is 5.15. The van der Waals surface area contributed by atoms with Crippen LogP contribution in [0.1, 0.15) is 24.8 Å². The van der Waals surface area contributed by atoms with E-state index in [9.17, 15) is 0 Å². The molecule has 1 atom stereocenters. The summed E-state index contributed by atoms with van der Waals surface area (Å²) in [5, 5.41) is 3.48. The minimum Gasteiger partial charge on any atom is -0.389 e. The number of hydrogen-bond donors (Lipinski definition) is 2. The first-order valence-electron chi connectivity index (χ1n) is 6.49. The van der Waals surface area contributed by atoms with Gasteiger partial charge < -0.3 is 11.1 Å². The van der Waals surface area contributed by atoms with E-state index in [2.05, 4.69) is 15.2 Å². The van der Waals surface area contributed by atoms with E-state index in [1.54, 1.807) is 6.20 Å².